The Hall–Kier alpha value is -2.03. The third-order valence-corrected chi connectivity index (χ3v) is 7.60. The molecule has 3 aliphatic rings. The van der Waals surface area contributed by atoms with E-state index in [1.54, 1.807) is 12.3 Å². The summed E-state index contributed by atoms with van der Waals surface area (Å²) in [6.45, 7) is 9.71. The summed E-state index contributed by atoms with van der Waals surface area (Å²) in [5.74, 6) is -0.116. The van der Waals surface area contributed by atoms with Crippen molar-refractivity contribution in [3.05, 3.63) is 29.6 Å². The molecule has 3 heterocycles. The molecule has 2 N–H and O–H groups in total. The van der Waals surface area contributed by atoms with E-state index in [2.05, 4.69) is 24.6 Å². The summed E-state index contributed by atoms with van der Waals surface area (Å²) >= 11 is 0. The van der Waals surface area contributed by atoms with E-state index in [-0.39, 0.29) is 0 Å². The van der Waals surface area contributed by atoms with E-state index in [1.807, 2.05) is 6.07 Å². The summed E-state index contributed by atoms with van der Waals surface area (Å²) in [5, 5.41) is 0. The first kappa shape index (κ1) is 24.1. The zero-order valence-corrected chi connectivity index (χ0v) is 20.0. The molecule has 1 aliphatic carbocycles. The fourth-order valence-corrected chi connectivity index (χ4v) is 5.09. The van der Waals surface area contributed by atoms with Crippen LogP contribution in [-0.2, 0) is 11.2 Å². The van der Waals surface area contributed by atoms with E-state index in [9.17, 15) is 9.59 Å². The number of nitrogens with zero attached hydrogens (tertiary/aromatic N) is 5. The Morgan fingerprint density at radius 2 is 1.64 bits per heavy atom. The lowest BCUT2D eigenvalue weighted by atomic mass is 9.91. The van der Waals surface area contributed by atoms with E-state index in [1.165, 1.54) is 32.1 Å². The normalized spacial score (nSPS) is 21.2. The van der Waals surface area contributed by atoms with Crippen LogP contribution in [0.4, 0.5) is 0 Å². The Morgan fingerprint density at radius 1 is 0.909 bits per heavy atom. The van der Waals surface area contributed by atoms with Gasteiger partial charge in [-0.1, -0.05) is 12.8 Å². The molecular formula is C25H40N6O2. The maximum atomic E-state index is 12.7. The predicted octanol–water partition coefficient (Wildman–Crippen LogP) is 1.21. The fraction of sp³-hybridized carbons (Fsp3) is 0.720. The number of aryl methyl sites for hydroxylation is 1. The molecule has 182 valence electrons. The summed E-state index contributed by atoms with van der Waals surface area (Å²) in [6.07, 6.45) is 10.0. The molecule has 3 fully saturated rings. The molecule has 4 rings (SSSR count). The van der Waals surface area contributed by atoms with E-state index in [0.717, 1.165) is 83.5 Å². The highest BCUT2D eigenvalue weighted by molar-refractivity contribution is 5.92. The number of carbonyl (C=O) groups is 2. The molecule has 0 unspecified atom stereocenters. The molecular weight excluding hydrogens is 416 g/mol. The third kappa shape index (κ3) is 6.98. The Balaban J connectivity index is 1.04. The fourth-order valence-electron chi connectivity index (χ4n) is 5.09. The zero-order chi connectivity index (χ0) is 23.0. The Morgan fingerprint density at radius 3 is 2.24 bits per heavy atom. The van der Waals surface area contributed by atoms with Gasteiger partial charge in [-0.3, -0.25) is 24.4 Å². The monoisotopic (exact) mass is 456 g/mol. The van der Waals surface area contributed by atoms with Crippen LogP contribution in [0.3, 0.4) is 0 Å². The van der Waals surface area contributed by atoms with Crippen molar-refractivity contribution in [2.75, 3.05) is 65.4 Å². The lowest BCUT2D eigenvalue weighted by molar-refractivity contribution is -0.135. The molecule has 8 heteroatoms. The number of primary amides is 1. The van der Waals surface area contributed by atoms with Crippen LogP contribution in [0.25, 0.3) is 0 Å². The van der Waals surface area contributed by atoms with Crippen LogP contribution in [0.5, 0.6) is 0 Å². The summed E-state index contributed by atoms with van der Waals surface area (Å²) in [5.41, 5.74) is 6.73. The first-order chi connectivity index (χ1) is 16.1. The van der Waals surface area contributed by atoms with Crippen LogP contribution < -0.4 is 5.73 Å². The van der Waals surface area contributed by atoms with Crippen molar-refractivity contribution in [1.82, 2.24) is 24.6 Å². The maximum absolute atomic E-state index is 12.7. The number of amides is 2. The summed E-state index contributed by atoms with van der Waals surface area (Å²) in [6, 6.07) is 4.45. The summed E-state index contributed by atoms with van der Waals surface area (Å²) in [7, 11) is 0. The molecule has 0 spiro atoms. The van der Waals surface area contributed by atoms with Gasteiger partial charge in [0.1, 0.15) is 0 Å². The number of hydrogen-bond donors (Lipinski definition) is 1. The molecule has 1 aromatic rings. The van der Waals surface area contributed by atoms with Gasteiger partial charge in [-0.25, -0.2) is 0 Å². The van der Waals surface area contributed by atoms with Crippen molar-refractivity contribution in [2.24, 2.45) is 5.73 Å². The van der Waals surface area contributed by atoms with E-state index < -0.39 is 5.91 Å². The maximum Gasteiger partial charge on any atom is 0.250 e. The van der Waals surface area contributed by atoms with E-state index in [4.69, 9.17) is 5.73 Å². The number of hydrogen-bond acceptors (Lipinski definition) is 6. The Kier molecular flexibility index (Phi) is 8.69. The van der Waals surface area contributed by atoms with Crippen LogP contribution >= 0.6 is 0 Å². The largest absolute Gasteiger partial charge is 0.366 e. The number of piperazine rings is 2. The number of pyridine rings is 1. The lowest BCUT2D eigenvalue weighted by Gasteiger charge is -2.43. The molecule has 0 aromatic carbocycles. The third-order valence-electron chi connectivity index (χ3n) is 7.60. The Bertz CT molecular complexity index is 766. The highest BCUT2D eigenvalue weighted by atomic mass is 16.2. The molecule has 8 nitrogen and oxygen atoms in total. The minimum absolute atomic E-state index is 0.314. The van der Waals surface area contributed by atoms with Crippen LogP contribution in [0.2, 0.25) is 0 Å². The molecule has 1 aromatic heterocycles. The van der Waals surface area contributed by atoms with Gasteiger partial charge in [0.05, 0.1) is 12.1 Å². The summed E-state index contributed by atoms with van der Waals surface area (Å²) in [4.78, 5) is 37.7. The smallest absolute Gasteiger partial charge is 0.250 e. The first-order valence-electron chi connectivity index (χ1n) is 12.8. The molecule has 0 radical (unpaired) electrons. The number of aromatic nitrogens is 1. The van der Waals surface area contributed by atoms with Crippen LogP contribution in [0.15, 0.2) is 18.3 Å². The van der Waals surface area contributed by atoms with Crippen molar-refractivity contribution in [2.45, 2.75) is 51.0 Å². The van der Waals surface area contributed by atoms with Gasteiger partial charge in [0.2, 0.25) is 11.8 Å². The van der Waals surface area contributed by atoms with Crippen molar-refractivity contribution in [1.29, 1.82) is 0 Å². The average Bonchev–Trinajstić information content (AvgIpc) is 2.79. The van der Waals surface area contributed by atoms with Gasteiger partial charge >= 0.3 is 0 Å². The minimum atomic E-state index is -0.430. The van der Waals surface area contributed by atoms with Crippen molar-refractivity contribution in [3.63, 3.8) is 0 Å². The number of rotatable bonds is 10. The second-order valence-electron chi connectivity index (χ2n) is 9.83. The first-order valence-corrected chi connectivity index (χ1v) is 12.8. The number of unbranched alkanes of at least 4 members (excludes halogenated alkanes) is 2. The number of nitrogens with two attached hydrogens (primary N) is 1. The quantitative estimate of drug-likeness (QED) is 0.533. The lowest BCUT2D eigenvalue weighted by Crippen LogP contribution is -2.56. The van der Waals surface area contributed by atoms with Crippen molar-refractivity contribution in [3.8, 4) is 0 Å². The number of carbonyl (C=O) groups excluding carboxylic acids is 2. The molecule has 0 atom stereocenters. The van der Waals surface area contributed by atoms with Gasteiger partial charge in [0, 0.05) is 70.3 Å². The second-order valence-corrected chi connectivity index (χ2v) is 9.83. The molecule has 33 heavy (non-hydrogen) atoms. The minimum Gasteiger partial charge on any atom is -0.366 e. The van der Waals surface area contributed by atoms with Gasteiger partial charge in [-0.05, 0) is 50.8 Å². The van der Waals surface area contributed by atoms with Gasteiger partial charge in [0.25, 0.3) is 0 Å². The van der Waals surface area contributed by atoms with Crippen LogP contribution in [-0.4, -0.2) is 108 Å². The topological polar surface area (TPSA) is 86.0 Å². The standard InChI is InChI=1S/C25H40N6O2/c26-25(33)21-8-9-22(27-19-21)5-2-1-3-10-28-11-13-29(14-12-28)20-24(32)31-17-15-30(16-18-31)23-6-4-7-23/h8-9,19,23H,1-7,10-18,20H2,(H2,26,33). The van der Waals surface area contributed by atoms with Crippen molar-refractivity contribution < 1.29 is 9.59 Å². The molecule has 2 saturated heterocycles. The highest BCUT2D eigenvalue weighted by Crippen LogP contribution is 2.25. The molecule has 0 bridgehead atoms. The van der Waals surface area contributed by atoms with Crippen LogP contribution in [0.1, 0.15) is 54.6 Å². The van der Waals surface area contributed by atoms with Gasteiger partial charge < -0.3 is 15.5 Å². The average molecular weight is 457 g/mol. The van der Waals surface area contributed by atoms with Crippen LogP contribution in [0, 0.1) is 0 Å². The Labute approximate surface area is 198 Å². The van der Waals surface area contributed by atoms with Gasteiger partial charge in [0.15, 0.2) is 0 Å². The second kappa shape index (κ2) is 11.9. The van der Waals surface area contributed by atoms with E-state index in [0.29, 0.717) is 18.0 Å². The molecule has 2 amide bonds. The highest BCUT2D eigenvalue weighted by Gasteiger charge is 2.30. The molecule has 1 saturated carbocycles. The zero-order valence-electron chi connectivity index (χ0n) is 20.0. The van der Waals surface area contributed by atoms with Gasteiger partial charge in [-0.15, -0.1) is 0 Å². The van der Waals surface area contributed by atoms with E-state index >= 15 is 0 Å². The SMILES string of the molecule is NC(=O)c1ccc(CCCCCN2CCN(CC(=O)N3CCN(C4CCC4)CC3)CC2)nc1. The van der Waals surface area contributed by atoms with Crippen molar-refractivity contribution >= 4 is 11.8 Å². The predicted molar refractivity (Wildman–Crippen MR) is 129 cm³/mol. The molecule has 2 aliphatic heterocycles. The van der Waals surface area contributed by atoms with Gasteiger partial charge in [-0.2, -0.15) is 0 Å². The summed E-state index contributed by atoms with van der Waals surface area (Å²) < 4.78 is 0.